The zero-order chi connectivity index (χ0) is 8.27. The molecule has 0 bridgehead atoms. The lowest BCUT2D eigenvalue weighted by Crippen LogP contribution is -2.20. The first-order chi connectivity index (χ1) is 5.24. The highest BCUT2D eigenvalue weighted by Crippen LogP contribution is 2.02. The van der Waals surface area contributed by atoms with E-state index in [1.54, 1.807) is 10.9 Å². The molecule has 5 heteroatoms. The number of hydrogen-bond acceptors (Lipinski definition) is 4. The summed E-state index contributed by atoms with van der Waals surface area (Å²) in [5.41, 5.74) is 5.40. The van der Waals surface area contributed by atoms with Crippen molar-refractivity contribution in [2.24, 2.45) is 0 Å². The standard InChI is InChI=1S/C6H13N5/c1-5(3-8-2)11-4-6(7)9-10-11/h4-5,8H,3,7H2,1-2H3. The van der Waals surface area contributed by atoms with E-state index in [9.17, 15) is 0 Å². The number of likely N-dealkylation sites (N-methyl/N-ethyl adjacent to an activating group) is 1. The maximum atomic E-state index is 5.40. The number of anilines is 1. The monoisotopic (exact) mass is 155 g/mol. The Hall–Kier alpha value is -1.10. The molecular weight excluding hydrogens is 142 g/mol. The molecule has 0 radical (unpaired) electrons. The van der Waals surface area contributed by atoms with Crippen molar-refractivity contribution in [3.8, 4) is 0 Å². The maximum Gasteiger partial charge on any atom is 0.165 e. The Morgan fingerprint density at radius 1 is 1.82 bits per heavy atom. The third-order valence-electron chi connectivity index (χ3n) is 1.48. The molecule has 0 fully saturated rings. The first kappa shape index (κ1) is 8.00. The lowest BCUT2D eigenvalue weighted by molar-refractivity contribution is 0.458. The fraction of sp³-hybridized carbons (Fsp3) is 0.667. The van der Waals surface area contributed by atoms with Crippen LogP contribution in [0.1, 0.15) is 13.0 Å². The van der Waals surface area contributed by atoms with Crippen LogP contribution in [-0.2, 0) is 0 Å². The number of nitrogens with one attached hydrogen (secondary N) is 1. The van der Waals surface area contributed by atoms with Crippen LogP contribution in [0.4, 0.5) is 5.82 Å². The molecule has 1 atom stereocenters. The van der Waals surface area contributed by atoms with Crippen LogP contribution >= 0.6 is 0 Å². The van der Waals surface area contributed by atoms with Gasteiger partial charge in [-0.05, 0) is 14.0 Å². The van der Waals surface area contributed by atoms with E-state index in [0.29, 0.717) is 11.9 Å². The van der Waals surface area contributed by atoms with E-state index in [4.69, 9.17) is 5.73 Å². The van der Waals surface area contributed by atoms with Crippen LogP contribution in [0.5, 0.6) is 0 Å². The molecule has 0 aliphatic heterocycles. The average Bonchev–Trinajstić information content (AvgIpc) is 2.36. The molecule has 1 unspecified atom stereocenters. The molecule has 0 saturated heterocycles. The van der Waals surface area contributed by atoms with E-state index >= 15 is 0 Å². The molecule has 1 aromatic heterocycles. The smallest absolute Gasteiger partial charge is 0.165 e. The topological polar surface area (TPSA) is 68.8 Å². The van der Waals surface area contributed by atoms with Gasteiger partial charge in [-0.1, -0.05) is 5.21 Å². The number of rotatable bonds is 3. The van der Waals surface area contributed by atoms with Gasteiger partial charge in [0.05, 0.1) is 12.2 Å². The Morgan fingerprint density at radius 3 is 3.00 bits per heavy atom. The molecule has 62 valence electrons. The van der Waals surface area contributed by atoms with Gasteiger partial charge < -0.3 is 11.1 Å². The molecule has 1 heterocycles. The maximum absolute atomic E-state index is 5.40. The van der Waals surface area contributed by atoms with E-state index in [0.717, 1.165) is 6.54 Å². The molecule has 0 amide bonds. The normalized spacial score (nSPS) is 13.3. The summed E-state index contributed by atoms with van der Waals surface area (Å²) in [5.74, 6) is 0.466. The lowest BCUT2D eigenvalue weighted by Gasteiger charge is -2.08. The van der Waals surface area contributed by atoms with Gasteiger partial charge in [0, 0.05) is 6.54 Å². The molecular formula is C6H13N5. The largest absolute Gasteiger partial charge is 0.381 e. The fourth-order valence-electron chi connectivity index (χ4n) is 0.895. The predicted octanol–water partition coefficient (Wildman–Crippen LogP) is -0.359. The summed E-state index contributed by atoms with van der Waals surface area (Å²) < 4.78 is 1.74. The first-order valence-electron chi connectivity index (χ1n) is 3.56. The van der Waals surface area contributed by atoms with Crippen LogP contribution in [-0.4, -0.2) is 28.6 Å². The van der Waals surface area contributed by atoms with Crippen molar-refractivity contribution in [3.05, 3.63) is 6.20 Å². The summed E-state index contributed by atoms with van der Waals surface area (Å²) in [6, 6.07) is 0.296. The molecule has 0 aliphatic carbocycles. The van der Waals surface area contributed by atoms with Crippen LogP contribution in [0.15, 0.2) is 6.20 Å². The van der Waals surface area contributed by atoms with Gasteiger partial charge >= 0.3 is 0 Å². The van der Waals surface area contributed by atoms with Crippen molar-refractivity contribution >= 4 is 5.82 Å². The molecule has 11 heavy (non-hydrogen) atoms. The highest BCUT2D eigenvalue weighted by atomic mass is 15.4. The Labute approximate surface area is 65.6 Å². The summed E-state index contributed by atoms with van der Waals surface area (Å²) in [5, 5.41) is 10.6. The van der Waals surface area contributed by atoms with E-state index in [2.05, 4.69) is 15.6 Å². The van der Waals surface area contributed by atoms with E-state index < -0.39 is 0 Å². The van der Waals surface area contributed by atoms with Gasteiger partial charge in [-0.3, -0.25) is 0 Å². The Morgan fingerprint density at radius 2 is 2.55 bits per heavy atom. The van der Waals surface area contributed by atoms with Gasteiger partial charge in [0.1, 0.15) is 0 Å². The highest BCUT2D eigenvalue weighted by molar-refractivity contribution is 5.20. The lowest BCUT2D eigenvalue weighted by atomic mass is 10.3. The van der Waals surface area contributed by atoms with Crippen LogP contribution in [0.3, 0.4) is 0 Å². The summed E-state index contributed by atoms with van der Waals surface area (Å²) >= 11 is 0. The van der Waals surface area contributed by atoms with Crippen LogP contribution in [0.25, 0.3) is 0 Å². The molecule has 5 nitrogen and oxygen atoms in total. The van der Waals surface area contributed by atoms with Gasteiger partial charge in [0.2, 0.25) is 0 Å². The minimum Gasteiger partial charge on any atom is -0.381 e. The summed E-state index contributed by atoms with van der Waals surface area (Å²) in [6.45, 7) is 2.91. The molecule has 1 aromatic rings. The van der Waals surface area contributed by atoms with Crippen LogP contribution in [0.2, 0.25) is 0 Å². The molecule has 0 aromatic carbocycles. The Balaban J connectivity index is 2.60. The second kappa shape index (κ2) is 3.34. The quantitative estimate of drug-likeness (QED) is 0.625. The second-order valence-corrected chi connectivity index (χ2v) is 2.53. The average molecular weight is 155 g/mol. The molecule has 1 rings (SSSR count). The van der Waals surface area contributed by atoms with Gasteiger partial charge in [0.15, 0.2) is 5.82 Å². The fourth-order valence-corrected chi connectivity index (χ4v) is 0.895. The van der Waals surface area contributed by atoms with Crippen molar-refractivity contribution in [2.75, 3.05) is 19.3 Å². The second-order valence-electron chi connectivity index (χ2n) is 2.53. The number of nitrogens with zero attached hydrogens (tertiary/aromatic N) is 3. The number of nitrogens with two attached hydrogens (primary N) is 1. The van der Waals surface area contributed by atoms with Crippen molar-refractivity contribution in [3.63, 3.8) is 0 Å². The zero-order valence-corrected chi connectivity index (χ0v) is 6.78. The molecule has 0 saturated carbocycles. The van der Waals surface area contributed by atoms with Crippen molar-refractivity contribution in [2.45, 2.75) is 13.0 Å². The van der Waals surface area contributed by atoms with E-state index in [1.165, 1.54) is 0 Å². The first-order valence-corrected chi connectivity index (χ1v) is 3.56. The van der Waals surface area contributed by atoms with Gasteiger partial charge in [-0.25, -0.2) is 4.68 Å². The van der Waals surface area contributed by atoms with Crippen LogP contribution < -0.4 is 11.1 Å². The Kier molecular flexibility index (Phi) is 2.43. The van der Waals surface area contributed by atoms with Gasteiger partial charge in [-0.2, -0.15) is 0 Å². The third kappa shape index (κ3) is 1.91. The minimum absolute atomic E-state index is 0.296. The van der Waals surface area contributed by atoms with Crippen molar-refractivity contribution in [1.82, 2.24) is 20.3 Å². The van der Waals surface area contributed by atoms with Gasteiger partial charge in [-0.15, -0.1) is 5.10 Å². The number of nitrogen functional groups attached to an aromatic ring is 1. The third-order valence-corrected chi connectivity index (χ3v) is 1.48. The SMILES string of the molecule is CNCC(C)n1cc(N)nn1. The minimum atomic E-state index is 0.296. The molecule has 0 aliphatic rings. The summed E-state index contributed by atoms with van der Waals surface area (Å²) in [4.78, 5) is 0. The number of hydrogen-bond donors (Lipinski definition) is 2. The van der Waals surface area contributed by atoms with Crippen LogP contribution in [0, 0.1) is 0 Å². The predicted molar refractivity (Wildman–Crippen MR) is 43.1 cm³/mol. The summed E-state index contributed by atoms with van der Waals surface area (Å²) in [6.07, 6.45) is 1.72. The molecule has 3 N–H and O–H groups in total. The molecule has 0 spiro atoms. The highest BCUT2D eigenvalue weighted by Gasteiger charge is 2.03. The van der Waals surface area contributed by atoms with Crippen molar-refractivity contribution < 1.29 is 0 Å². The Bertz CT molecular complexity index is 219. The van der Waals surface area contributed by atoms with Gasteiger partial charge in [0.25, 0.3) is 0 Å². The van der Waals surface area contributed by atoms with Crippen molar-refractivity contribution in [1.29, 1.82) is 0 Å². The summed E-state index contributed by atoms with van der Waals surface area (Å²) in [7, 11) is 1.90. The zero-order valence-electron chi connectivity index (χ0n) is 6.78. The van der Waals surface area contributed by atoms with E-state index in [1.807, 2.05) is 14.0 Å². The number of aromatic nitrogens is 3. The van der Waals surface area contributed by atoms with E-state index in [-0.39, 0.29) is 0 Å².